The summed E-state index contributed by atoms with van der Waals surface area (Å²) in [5.74, 6) is 0. The second-order valence-corrected chi connectivity index (χ2v) is 4.35. The Morgan fingerprint density at radius 3 is 2.59 bits per heavy atom. The standard InChI is InChI=1S/C13H15N4/c1-2-4-11(5-3-1)13-10-17(16-15-13)12-6-8-14-9-7-12/h1-5,10,12H,6-9H2. The van der Waals surface area contributed by atoms with Crippen molar-refractivity contribution in [2.45, 2.75) is 18.9 Å². The molecule has 0 aliphatic carbocycles. The summed E-state index contributed by atoms with van der Waals surface area (Å²) in [6.45, 7) is 1.90. The highest BCUT2D eigenvalue weighted by molar-refractivity contribution is 5.57. The predicted molar refractivity (Wildman–Crippen MR) is 65.6 cm³/mol. The van der Waals surface area contributed by atoms with Crippen LogP contribution in [0.25, 0.3) is 11.3 Å². The van der Waals surface area contributed by atoms with Crippen LogP contribution in [-0.2, 0) is 0 Å². The van der Waals surface area contributed by atoms with Crippen LogP contribution in [0.2, 0.25) is 0 Å². The third-order valence-corrected chi connectivity index (χ3v) is 3.19. The summed E-state index contributed by atoms with van der Waals surface area (Å²) in [4.78, 5) is 0. The second kappa shape index (κ2) is 4.67. The maximum absolute atomic E-state index is 4.36. The minimum absolute atomic E-state index is 0.470. The van der Waals surface area contributed by atoms with Gasteiger partial charge in [0, 0.05) is 18.7 Å². The van der Waals surface area contributed by atoms with E-state index in [1.807, 2.05) is 29.1 Å². The number of hydrogen-bond donors (Lipinski definition) is 0. The lowest BCUT2D eigenvalue weighted by Crippen LogP contribution is -2.25. The molecule has 17 heavy (non-hydrogen) atoms. The highest BCUT2D eigenvalue weighted by Crippen LogP contribution is 2.21. The minimum atomic E-state index is 0.470. The third kappa shape index (κ3) is 2.22. The van der Waals surface area contributed by atoms with E-state index in [9.17, 15) is 0 Å². The molecule has 2 heterocycles. The average molecular weight is 227 g/mol. The summed E-state index contributed by atoms with van der Waals surface area (Å²) in [6, 6.07) is 10.6. The molecule has 1 aromatic heterocycles. The first-order valence-electron chi connectivity index (χ1n) is 6.04. The van der Waals surface area contributed by atoms with Gasteiger partial charge in [-0.2, -0.15) is 0 Å². The van der Waals surface area contributed by atoms with Gasteiger partial charge >= 0.3 is 0 Å². The molecule has 0 bridgehead atoms. The van der Waals surface area contributed by atoms with Gasteiger partial charge in [-0.1, -0.05) is 35.5 Å². The molecule has 1 saturated heterocycles. The molecule has 0 unspecified atom stereocenters. The molecule has 4 nitrogen and oxygen atoms in total. The molecule has 4 heteroatoms. The Morgan fingerprint density at radius 2 is 1.82 bits per heavy atom. The van der Waals surface area contributed by atoms with Gasteiger partial charge in [-0.05, 0) is 12.8 Å². The van der Waals surface area contributed by atoms with E-state index >= 15 is 0 Å². The lowest BCUT2D eigenvalue weighted by atomic mass is 10.1. The van der Waals surface area contributed by atoms with Gasteiger partial charge in [-0.15, -0.1) is 5.10 Å². The first kappa shape index (κ1) is 10.5. The molecule has 3 rings (SSSR count). The monoisotopic (exact) mass is 227 g/mol. The molecule has 1 aliphatic heterocycles. The number of piperidine rings is 1. The molecule has 0 amide bonds. The number of benzene rings is 1. The fourth-order valence-corrected chi connectivity index (χ4v) is 2.20. The molecule has 0 atom stereocenters. The quantitative estimate of drug-likeness (QED) is 0.786. The normalized spacial score (nSPS) is 17.2. The minimum Gasteiger partial charge on any atom is -0.249 e. The molecule has 1 aromatic carbocycles. The lowest BCUT2D eigenvalue weighted by Gasteiger charge is -2.20. The molecule has 1 aliphatic rings. The summed E-state index contributed by atoms with van der Waals surface area (Å²) >= 11 is 0. The van der Waals surface area contributed by atoms with Crippen molar-refractivity contribution in [3.63, 3.8) is 0 Å². The van der Waals surface area contributed by atoms with E-state index in [0.717, 1.165) is 37.2 Å². The summed E-state index contributed by atoms with van der Waals surface area (Å²) in [5.41, 5.74) is 2.08. The third-order valence-electron chi connectivity index (χ3n) is 3.19. The van der Waals surface area contributed by atoms with Crippen molar-refractivity contribution < 1.29 is 0 Å². The van der Waals surface area contributed by atoms with Gasteiger partial charge in [0.25, 0.3) is 0 Å². The van der Waals surface area contributed by atoms with Gasteiger partial charge < -0.3 is 0 Å². The van der Waals surface area contributed by atoms with Crippen molar-refractivity contribution in [3.05, 3.63) is 36.5 Å². The van der Waals surface area contributed by atoms with Gasteiger partial charge in [0.05, 0.1) is 12.2 Å². The van der Waals surface area contributed by atoms with Gasteiger partial charge in [-0.3, -0.25) is 0 Å². The summed E-state index contributed by atoms with van der Waals surface area (Å²) in [5, 5.41) is 12.8. The summed E-state index contributed by atoms with van der Waals surface area (Å²) in [6.07, 6.45) is 4.21. The van der Waals surface area contributed by atoms with Crippen LogP contribution in [0.5, 0.6) is 0 Å². The van der Waals surface area contributed by atoms with Gasteiger partial charge in [0.1, 0.15) is 5.69 Å². The Hall–Kier alpha value is -1.68. The smallest absolute Gasteiger partial charge is 0.113 e. The molecule has 0 saturated carbocycles. The summed E-state index contributed by atoms with van der Waals surface area (Å²) in [7, 11) is 0. The van der Waals surface area contributed by atoms with E-state index in [1.54, 1.807) is 0 Å². The highest BCUT2D eigenvalue weighted by Gasteiger charge is 2.17. The zero-order valence-corrected chi connectivity index (χ0v) is 9.66. The van der Waals surface area contributed by atoms with E-state index < -0.39 is 0 Å². The molecule has 2 aromatic rings. The molecule has 0 spiro atoms. The maximum Gasteiger partial charge on any atom is 0.113 e. The van der Waals surface area contributed by atoms with Crippen LogP contribution in [0.3, 0.4) is 0 Å². The number of nitrogens with zero attached hydrogens (tertiary/aromatic N) is 4. The van der Waals surface area contributed by atoms with E-state index in [4.69, 9.17) is 0 Å². The van der Waals surface area contributed by atoms with Crippen LogP contribution in [0.1, 0.15) is 18.9 Å². The Bertz CT molecular complexity index is 471. The largest absolute Gasteiger partial charge is 0.249 e. The first-order valence-corrected chi connectivity index (χ1v) is 6.04. The fourth-order valence-electron chi connectivity index (χ4n) is 2.20. The molecule has 87 valence electrons. The van der Waals surface area contributed by atoms with E-state index in [0.29, 0.717) is 6.04 Å². The van der Waals surface area contributed by atoms with Gasteiger partial charge in [-0.25, -0.2) is 10.00 Å². The number of rotatable bonds is 2. The van der Waals surface area contributed by atoms with E-state index in [2.05, 4.69) is 27.8 Å². The molecule has 1 radical (unpaired) electrons. The van der Waals surface area contributed by atoms with Crippen LogP contribution < -0.4 is 5.32 Å². The zero-order valence-electron chi connectivity index (χ0n) is 9.66. The van der Waals surface area contributed by atoms with Crippen molar-refractivity contribution in [3.8, 4) is 11.3 Å². The average Bonchev–Trinajstić information content (AvgIpc) is 2.90. The van der Waals surface area contributed by atoms with Crippen LogP contribution in [0.15, 0.2) is 36.5 Å². The van der Waals surface area contributed by atoms with Gasteiger partial charge in [0.15, 0.2) is 0 Å². The van der Waals surface area contributed by atoms with Crippen LogP contribution in [-0.4, -0.2) is 28.1 Å². The Kier molecular flexibility index (Phi) is 2.88. The second-order valence-electron chi connectivity index (χ2n) is 4.35. The van der Waals surface area contributed by atoms with E-state index in [1.165, 1.54) is 0 Å². The van der Waals surface area contributed by atoms with Gasteiger partial charge in [0.2, 0.25) is 0 Å². The lowest BCUT2D eigenvalue weighted by molar-refractivity contribution is 0.334. The molecule has 0 N–H and O–H groups in total. The first-order chi connectivity index (χ1) is 8.43. The van der Waals surface area contributed by atoms with E-state index in [-0.39, 0.29) is 0 Å². The van der Waals surface area contributed by atoms with Crippen LogP contribution in [0.4, 0.5) is 0 Å². The van der Waals surface area contributed by atoms with Crippen molar-refractivity contribution in [2.24, 2.45) is 0 Å². The molecule has 1 fully saturated rings. The topological polar surface area (TPSA) is 44.8 Å². The number of hydrogen-bond acceptors (Lipinski definition) is 2. The molecular weight excluding hydrogens is 212 g/mol. The van der Waals surface area contributed by atoms with Crippen LogP contribution >= 0.6 is 0 Å². The Labute approximate surface area is 101 Å². The maximum atomic E-state index is 4.36. The fraction of sp³-hybridized carbons (Fsp3) is 0.385. The Morgan fingerprint density at radius 1 is 1.06 bits per heavy atom. The van der Waals surface area contributed by atoms with Crippen molar-refractivity contribution >= 4 is 0 Å². The van der Waals surface area contributed by atoms with Crippen molar-refractivity contribution in [1.29, 1.82) is 0 Å². The van der Waals surface area contributed by atoms with Crippen molar-refractivity contribution in [1.82, 2.24) is 20.3 Å². The molecular formula is C13H15N4. The summed E-state index contributed by atoms with van der Waals surface area (Å²) < 4.78 is 2.00. The zero-order chi connectivity index (χ0) is 11.5. The van der Waals surface area contributed by atoms with Crippen LogP contribution in [0, 0.1) is 0 Å². The SMILES string of the molecule is c1ccc(-c2cn(C3CC[N]CC3)nn2)cc1. The highest BCUT2D eigenvalue weighted by atomic mass is 15.4. The predicted octanol–water partition coefficient (Wildman–Crippen LogP) is 1.88. The van der Waals surface area contributed by atoms with Crippen molar-refractivity contribution in [2.75, 3.05) is 13.1 Å². The Balaban J connectivity index is 1.83. The number of aromatic nitrogens is 3.